The molecule has 2 aromatic rings. The molecule has 0 aliphatic heterocycles. The van der Waals surface area contributed by atoms with Gasteiger partial charge >= 0.3 is 0 Å². The molecule has 92 valence electrons. The maximum absolute atomic E-state index is 13.2. The van der Waals surface area contributed by atoms with Gasteiger partial charge in [0.1, 0.15) is 11.6 Å². The number of carbonyl (C=O) groups excluding carboxylic acids is 1. The van der Waals surface area contributed by atoms with Crippen LogP contribution in [0.5, 0.6) is 0 Å². The maximum Gasteiger partial charge on any atom is 0.197 e. The van der Waals surface area contributed by atoms with Gasteiger partial charge in [0.05, 0.1) is 5.56 Å². The van der Waals surface area contributed by atoms with Crippen LogP contribution < -0.4 is 5.73 Å². The number of carbonyl (C=O) groups is 1. The number of hydrogen-bond acceptors (Lipinski definition) is 3. The van der Waals surface area contributed by atoms with Crippen molar-refractivity contribution in [3.05, 3.63) is 58.5 Å². The summed E-state index contributed by atoms with van der Waals surface area (Å²) < 4.78 is 13.2. The van der Waals surface area contributed by atoms with E-state index in [1.807, 2.05) is 0 Å². The highest BCUT2D eigenvalue weighted by Crippen LogP contribution is 2.21. The zero-order valence-electron chi connectivity index (χ0n) is 10.2. The van der Waals surface area contributed by atoms with Gasteiger partial charge in [-0.1, -0.05) is 6.07 Å². The molecule has 0 aliphatic carbocycles. The fourth-order valence-electron chi connectivity index (χ4n) is 1.85. The van der Waals surface area contributed by atoms with Crippen molar-refractivity contribution < 1.29 is 9.18 Å². The average Bonchev–Trinajstić information content (AvgIpc) is 2.32. The molecule has 1 aromatic carbocycles. The predicted octanol–water partition coefficient (Wildman–Crippen LogP) is 2.65. The number of ketones is 1. The zero-order chi connectivity index (χ0) is 13.3. The summed E-state index contributed by atoms with van der Waals surface area (Å²) in [6.07, 6.45) is 1.54. The second-order valence-corrected chi connectivity index (χ2v) is 4.18. The highest BCUT2D eigenvalue weighted by molar-refractivity contribution is 6.13. The summed E-state index contributed by atoms with van der Waals surface area (Å²) in [5.74, 6) is -0.567. The van der Waals surface area contributed by atoms with Gasteiger partial charge in [0.15, 0.2) is 5.78 Å². The first kappa shape index (κ1) is 12.2. The Hall–Kier alpha value is -2.23. The van der Waals surface area contributed by atoms with Crippen molar-refractivity contribution >= 4 is 11.6 Å². The van der Waals surface area contributed by atoms with Gasteiger partial charge in [0.2, 0.25) is 0 Å². The average molecular weight is 244 g/mol. The summed E-state index contributed by atoms with van der Waals surface area (Å²) in [5, 5.41) is 0. The summed E-state index contributed by atoms with van der Waals surface area (Å²) in [7, 11) is 0. The second-order valence-electron chi connectivity index (χ2n) is 4.18. The number of aromatic nitrogens is 1. The monoisotopic (exact) mass is 244 g/mol. The first-order valence-corrected chi connectivity index (χ1v) is 5.52. The number of hydrogen-bond donors (Lipinski definition) is 1. The molecule has 3 nitrogen and oxygen atoms in total. The van der Waals surface area contributed by atoms with Gasteiger partial charge in [-0.15, -0.1) is 0 Å². The smallest absolute Gasteiger partial charge is 0.197 e. The van der Waals surface area contributed by atoms with E-state index < -0.39 is 5.82 Å². The third-order valence-electron chi connectivity index (χ3n) is 2.86. The number of nitrogens with zero attached hydrogens (tertiary/aromatic N) is 1. The number of nitrogens with two attached hydrogens (primary N) is 1. The highest BCUT2D eigenvalue weighted by Gasteiger charge is 2.18. The molecule has 0 atom stereocenters. The van der Waals surface area contributed by atoms with Crippen molar-refractivity contribution in [1.29, 1.82) is 0 Å². The Morgan fingerprint density at radius 1 is 1.22 bits per heavy atom. The van der Waals surface area contributed by atoms with Gasteiger partial charge in [-0.2, -0.15) is 0 Å². The quantitative estimate of drug-likeness (QED) is 0.826. The first-order valence-electron chi connectivity index (χ1n) is 5.52. The number of nitrogen functional groups attached to an aromatic ring is 1. The lowest BCUT2D eigenvalue weighted by molar-refractivity contribution is 0.103. The molecule has 0 bridgehead atoms. The summed E-state index contributed by atoms with van der Waals surface area (Å²) >= 11 is 0. The van der Waals surface area contributed by atoms with Crippen LogP contribution in [-0.2, 0) is 0 Å². The number of benzene rings is 1. The molecule has 0 radical (unpaired) electrons. The topological polar surface area (TPSA) is 56.0 Å². The van der Waals surface area contributed by atoms with E-state index in [0.29, 0.717) is 16.7 Å². The normalized spacial score (nSPS) is 10.4. The van der Waals surface area contributed by atoms with Crippen LogP contribution in [0.1, 0.15) is 27.0 Å². The van der Waals surface area contributed by atoms with Crippen molar-refractivity contribution in [2.45, 2.75) is 13.8 Å². The lowest BCUT2D eigenvalue weighted by Gasteiger charge is -2.09. The van der Waals surface area contributed by atoms with Gasteiger partial charge in [-0.25, -0.2) is 9.37 Å². The van der Waals surface area contributed by atoms with E-state index in [1.54, 1.807) is 32.2 Å². The lowest BCUT2D eigenvalue weighted by Crippen LogP contribution is -2.10. The molecule has 2 rings (SSSR count). The van der Waals surface area contributed by atoms with Crippen LogP contribution in [0.3, 0.4) is 0 Å². The molecule has 18 heavy (non-hydrogen) atoms. The van der Waals surface area contributed by atoms with E-state index in [-0.39, 0.29) is 11.6 Å². The van der Waals surface area contributed by atoms with E-state index >= 15 is 0 Å². The van der Waals surface area contributed by atoms with Crippen molar-refractivity contribution in [3.63, 3.8) is 0 Å². The zero-order valence-corrected chi connectivity index (χ0v) is 10.2. The van der Waals surface area contributed by atoms with Gasteiger partial charge in [0, 0.05) is 11.8 Å². The molecule has 0 spiro atoms. The minimum Gasteiger partial charge on any atom is -0.383 e. The molecule has 0 aliphatic rings. The number of rotatable bonds is 2. The lowest BCUT2D eigenvalue weighted by atomic mass is 9.96. The molecule has 0 unspecified atom stereocenters. The molecule has 0 amide bonds. The van der Waals surface area contributed by atoms with Gasteiger partial charge in [-0.05, 0) is 43.2 Å². The predicted molar refractivity (Wildman–Crippen MR) is 68.0 cm³/mol. The van der Waals surface area contributed by atoms with E-state index in [9.17, 15) is 9.18 Å². The van der Waals surface area contributed by atoms with Crippen LogP contribution in [0.15, 0.2) is 30.5 Å². The van der Waals surface area contributed by atoms with Crippen molar-refractivity contribution in [2.75, 3.05) is 5.73 Å². The van der Waals surface area contributed by atoms with Crippen molar-refractivity contribution in [1.82, 2.24) is 4.98 Å². The minimum atomic E-state index is -0.441. The van der Waals surface area contributed by atoms with E-state index in [2.05, 4.69) is 4.98 Å². The maximum atomic E-state index is 13.2. The van der Waals surface area contributed by atoms with Crippen LogP contribution in [0, 0.1) is 19.7 Å². The van der Waals surface area contributed by atoms with Gasteiger partial charge < -0.3 is 5.73 Å². The van der Waals surface area contributed by atoms with Gasteiger partial charge in [0.25, 0.3) is 0 Å². The number of aryl methyl sites for hydroxylation is 2. The minimum absolute atomic E-state index is 0.170. The molecule has 2 N–H and O–H groups in total. The molecule has 0 fully saturated rings. The van der Waals surface area contributed by atoms with Crippen LogP contribution >= 0.6 is 0 Å². The molecular weight excluding hydrogens is 231 g/mol. The van der Waals surface area contributed by atoms with Crippen LogP contribution in [0.2, 0.25) is 0 Å². The summed E-state index contributed by atoms with van der Waals surface area (Å²) in [6.45, 7) is 3.54. The molecule has 1 aromatic heterocycles. The molecule has 0 saturated carbocycles. The summed E-state index contributed by atoms with van der Waals surface area (Å²) in [6, 6.07) is 5.83. The Bertz CT molecular complexity index is 603. The summed E-state index contributed by atoms with van der Waals surface area (Å²) in [5.41, 5.74) is 7.82. The fraction of sp³-hybridized carbons (Fsp3) is 0.143. The van der Waals surface area contributed by atoms with Crippen molar-refractivity contribution in [3.8, 4) is 0 Å². The Morgan fingerprint density at radius 2 is 1.94 bits per heavy atom. The molecule has 0 saturated heterocycles. The number of anilines is 1. The number of halogens is 1. The largest absolute Gasteiger partial charge is 0.383 e. The highest BCUT2D eigenvalue weighted by atomic mass is 19.1. The SMILES string of the molecule is Cc1ccc(F)cc1C(=O)c1c(C)ccnc1N. The third kappa shape index (κ3) is 2.09. The Morgan fingerprint density at radius 3 is 2.61 bits per heavy atom. The Kier molecular flexibility index (Phi) is 3.10. The van der Waals surface area contributed by atoms with E-state index in [1.165, 1.54) is 12.1 Å². The second kappa shape index (κ2) is 4.56. The molecular formula is C14H13FN2O. The van der Waals surface area contributed by atoms with Crippen LogP contribution in [-0.4, -0.2) is 10.8 Å². The Balaban J connectivity index is 2.58. The van der Waals surface area contributed by atoms with Crippen LogP contribution in [0.25, 0.3) is 0 Å². The van der Waals surface area contributed by atoms with Gasteiger partial charge in [-0.3, -0.25) is 4.79 Å². The first-order chi connectivity index (χ1) is 8.50. The summed E-state index contributed by atoms with van der Waals surface area (Å²) in [4.78, 5) is 16.3. The molecule has 1 heterocycles. The number of pyridine rings is 1. The van der Waals surface area contributed by atoms with E-state index in [0.717, 1.165) is 5.56 Å². The third-order valence-corrected chi connectivity index (χ3v) is 2.86. The fourth-order valence-corrected chi connectivity index (χ4v) is 1.85. The standard InChI is InChI=1S/C14H13FN2O/c1-8-3-4-10(15)7-11(8)13(18)12-9(2)5-6-17-14(12)16/h3-7H,1-2H3,(H2,16,17). The molecule has 4 heteroatoms. The van der Waals surface area contributed by atoms with Crippen LogP contribution in [0.4, 0.5) is 10.2 Å². The van der Waals surface area contributed by atoms with E-state index in [4.69, 9.17) is 5.73 Å². The Labute approximate surface area is 104 Å². The van der Waals surface area contributed by atoms with Crippen molar-refractivity contribution in [2.24, 2.45) is 0 Å².